The molecule has 0 aliphatic rings. The van der Waals surface area contributed by atoms with Gasteiger partial charge in [-0.25, -0.2) is 0 Å². The van der Waals surface area contributed by atoms with E-state index in [4.69, 9.17) is 0 Å². The molecule has 120 valence electrons. The number of nitrogens with one attached hydrogen (secondary N) is 1. The lowest BCUT2D eigenvalue weighted by molar-refractivity contribution is -0.115. The number of rotatable bonds is 5. The Morgan fingerprint density at radius 2 is 2.04 bits per heavy atom. The number of aromatic nitrogens is 2. The summed E-state index contributed by atoms with van der Waals surface area (Å²) in [5.74, 6) is 0.0258. The molecule has 5 heteroatoms. The first-order chi connectivity index (χ1) is 10.9. The Morgan fingerprint density at radius 3 is 2.65 bits per heavy atom. The van der Waals surface area contributed by atoms with Gasteiger partial charge in [0.1, 0.15) is 11.5 Å². The number of Topliss-reactive ketones (excluding diaryl/α,β-unsaturated/α-hetero) is 1. The first-order valence-corrected chi connectivity index (χ1v) is 7.63. The van der Waals surface area contributed by atoms with Crippen LogP contribution in [0.5, 0.6) is 0 Å². The fourth-order valence-corrected chi connectivity index (χ4v) is 2.50. The average molecular weight is 311 g/mol. The SMILES string of the molecule is CCc1[nH]c(=O)c(N=C(C)CC(C)=O)cc1-c1ccnc(C)c1. The smallest absolute Gasteiger partial charge is 0.274 e. The fourth-order valence-electron chi connectivity index (χ4n) is 2.50. The second kappa shape index (κ2) is 7.13. The van der Waals surface area contributed by atoms with Crippen molar-refractivity contribution in [1.29, 1.82) is 0 Å². The zero-order valence-electron chi connectivity index (χ0n) is 13.9. The van der Waals surface area contributed by atoms with E-state index in [0.29, 0.717) is 17.8 Å². The highest BCUT2D eigenvalue weighted by Gasteiger charge is 2.10. The second-order valence-corrected chi connectivity index (χ2v) is 5.64. The molecule has 0 bridgehead atoms. The maximum Gasteiger partial charge on any atom is 0.274 e. The predicted octanol–water partition coefficient (Wildman–Crippen LogP) is 3.38. The van der Waals surface area contributed by atoms with E-state index in [1.54, 1.807) is 19.2 Å². The first-order valence-electron chi connectivity index (χ1n) is 7.63. The molecule has 0 aliphatic heterocycles. The maximum absolute atomic E-state index is 12.2. The molecule has 0 radical (unpaired) electrons. The Morgan fingerprint density at radius 1 is 1.30 bits per heavy atom. The third kappa shape index (κ3) is 4.22. The van der Waals surface area contributed by atoms with E-state index in [1.165, 1.54) is 6.92 Å². The van der Waals surface area contributed by atoms with Crippen LogP contribution in [0.1, 0.15) is 38.6 Å². The van der Waals surface area contributed by atoms with Crippen LogP contribution in [0.15, 0.2) is 34.2 Å². The molecule has 23 heavy (non-hydrogen) atoms. The van der Waals surface area contributed by atoms with E-state index < -0.39 is 0 Å². The lowest BCUT2D eigenvalue weighted by atomic mass is 10.0. The fraction of sp³-hybridized carbons (Fsp3) is 0.333. The van der Waals surface area contributed by atoms with Crippen LogP contribution in [0.4, 0.5) is 5.69 Å². The van der Waals surface area contributed by atoms with E-state index >= 15 is 0 Å². The third-order valence-electron chi connectivity index (χ3n) is 3.48. The molecule has 0 aromatic carbocycles. The summed E-state index contributed by atoms with van der Waals surface area (Å²) in [7, 11) is 0. The van der Waals surface area contributed by atoms with E-state index in [1.807, 2.05) is 26.0 Å². The Balaban J connectivity index is 2.57. The lowest BCUT2D eigenvalue weighted by Gasteiger charge is -2.10. The summed E-state index contributed by atoms with van der Waals surface area (Å²) in [4.78, 5) is 34.8. The molecule has 1 N–H and O–H groups in total. The van der Waals surface area contributed by atoms with Crippen LogP contribution >= 0.6 is 0 Å². The highest BCUT2D eigenvalue weighted by Crippen LogP contribution is 2.25. The number of carbonyl (C=O) groups excluding carboxylic acids is 1. The molecule has 2 rings (SSSR count). The van der Waals surface area contributed by atoms with E-state index in [-0.39, 0.29) is 17.8 Å². The molecule has 0 amide bonds. The van der Waals surface area contributed by atoms with Crippen molar-refractivity contribution in [2.75, 3.05) is 0 Å². The number of aliphatic imine (C=N–C) groups is 1. The third-order valence-corrected chi connectivity index (χ3v) is 3.48. The van der Waals surface area contributed by atoms with Gasteiger partial charge in [-0.15, -0.1) is 0 Å². The van der Waals surface area contributed by atoms with Gasteiger partial charge in [0.25, 0.3) is 5.56 Å². The standard InChI is InChI=1S/C18H21N3O2/c1-5-16-15(14-6-7-19-11(2)9-14)10-17(18(23)21-16)20-12(3)8-13(4)22/h6-7,9-10H,5,8H2,1-4H3,(H,21,23). The van der Waals surface area contributed by atoms with Gasteiger partial charge in [0.15, 0.2) is 0 Å². The normalized spacial score (nSPS) is 11.6. The van der Waals surface area contributed by atoms with Crippen molar-refractivity contribution in [3.8, 4) is 11.1 Å². The summed E-state index contributed by atoms with van der Waals surface area (Å²) in [5, 5.41) is 0. The summed E-state index contributed by atoms with van der Waals surface area (Å²) in [6.45, 7) is 7.18. The van der Waals surface area contributed by atoms with Crippen molar-refractivity contribution >= 4 is 17.2 Å². The average Bonchev–Trinajstić information content (AvgIpc) is 2.48. The monoisotopic (exact) mass is 311 g/mol. The molecule has 0 unspecified atom stereocenters. The molecular formula is C18H21N3O2. The summed E-state index contributed by atoms with van der Waals surface area (Å²) in [6, 6.07) is 5.68. The Hall–Kier alpha value is -2.56. The number of hydrogen-bond donors (Lipinski definition) is 1. The van der Waals surface area contributed by atoms with Crippen LogP contribution in [-0.2, 0) is 11.2 Å². The Kier molecular flexibility index (Phi) is 5.21. The van der Waals surface area contributed by atoms with Crippen LogP contribution in [-0.4, -0.2) is 21.5 Å². The van der Waals surface area contributed by atoms with Crippen LogP contribution in [0.25, 0.3) is 11.1 Å². The van der Waals surface area contributed by atoms with E-state index in [0.717, 1.165) is 22.5 Å². The molecule has 0 aliphatic carbocycles. The topological polar surface area (TPSA) is 75.2 Å². The van der Waals surface area contributed by atoms with Crippen molar-refractivity contribution in [2.45, 2.75) is 40.5 Å². The summed E-state index contributed by atoms with van der Waals surface area (Å²) in [5.41, 5.74) is 4.42. The number of nitrogens with zero attached hydrogens (tertiary/aromatic N) is 2. The molecule has 2 aromatic rings. The number of aryl methyl sites for hydroxylation is 2. The number of hydrogen-bond acceptors (Lipinski definition) is 4. The molecular weight excluding hydrogens is 290 g/mol. The molecule has 2 heterocycles. The number of ketones is 1. The van der Waals surface area contributed by atoms with Crippen molar-refractivity contribution < 1.29 is 4.79 Å². The molecule has 5 nitrogen and oxygen atoms in total. The van der Waals surface area contributed by atoms with Crippen molar-refractivity contribution in [3.63, 3.8) is 0 Å². The predicted molar refractivity (Wildman–Crippen MR) is 92.5 cm³/mol. The molecule has 0 fully saturated rings. The van der Waals surface area contributed by atoms with Gasteiger partial charge in [-0.3, -0.25) is 19.6 Å². The minimum absolute atomic E-state index is 0.0258. The number of aromatic amines is 1. The summed E-state index contributed by atoms with van der Waals surface area (Å²) < 4.78 is 0. The van der Waals surface area contributed by atoms with Crippen LogP contribution < -0.4 is 5.56 Å². The second-order valence-electron chi connectivity index (χ2n) is 5.64. The molecule has 0 spiro atoms. The van der Waals surface area contributed by atoms with Crippen LogP contribution in [0.3, 0.4) is 0 Å². The maximum atomic E-state index is 12.2. The molecule has 0 atom stereocenters. The van der Waals surface area contributed by atoms with Gasteiger partial charge in [0.2, 0.25) is 0 Å². The molecule has 0 saturated carbocycles. The first kappa shape index (κ1) is 16.8. The quantitative estimate of drug-likeness (QED) is 0.860. The van der Waals surface area contributed by atoms with Crippen molar-refractivity contribution in [3.05, 3.63) is 46.1 Å². The van der Waals surface area contributed by atoms with Gasteiger partial charge in [0.05, 0.1) is 0 Å². The van der Waals surface area contributed by atoms with Gasteiger partial charge in [0, 0.05) is 35.3 Å². The minimum Gasteiger partial charge on any atom is -0.324 e. The van der Waals surface area contributed by atoms with E-state index in [2.05, 4.69) is 15.0 Å². The van der Waals surface area contributed by atoms with Gasteiger partial charge in [-0.05, 0) is 51.0 Å². The zero-order chi connectivity index (χ0) is 17.0. The minimum atomic E-state index is -0.237. The van der Waals surface area contributed by atoms with Crippen molar-refractivity contribution in [1.82, 2.24) is 9.97 Å². The Bertz CT molecular complexity index is 819. The zero-order valence-corrected chi connectivity index (χ0v) is 13.9. The van der Waals surface area contributed by atoms with Gasteiger partial charge in [-0.1, -0.05) is 6.92 Å². The van der Waals surface area contributed by atoms with Gasteiger partial charge < -0.3 is 4.98 Å². The lowest BCUT2D eigenvalue weighted by Crippen LogP contribution is -2.11. The van der Waals surface area contributed by atoms with Crippen molar-refractivity contribution in [2.24, 2.45) is 4.99 Å². The molecule has 2 aromatic heterocycles. The number of carbonyl (C=O) groups is 1. The van der Waals surface area contributed by atoms with Crippen LogP contribution in [0, 0.1) is 6.92 Å². The van der Waals surface area contributed by atoms with Crippen LogP contribution in [0.2, 0.25) is 0 Å². The highest BCUT2D eigenvalue weighted by atomic mass is 16.1. The summed E-state index contributed by atoms with van der Waals surface area (Å²) >= 11 is 0. The highest BCUT2D eigenvalue weighted by molar-refractivity contribution is 6.00. The van der Waals surface area contributed by atoms with Gasteiger partial charge >= 0.3 is 0 Å². The number of pyridine rings is 2. The number of H-pyrrole nitrogens is 1. The van der Waals surface area contributed by atoms with E-state index in [9.17, 15) is 9.59 Å². The largest absolute Gasteiger partial charge is 0.324 e. The molecule has 0 saturated heterocycles. The van der Waals surface area contributed by atoms with Gasteiger partial charge in [-0.2, -0.15) is 0 Å². The summed E-state index contributed by atoms with van der Waals surface area (Å²) in [6.07, 6.45) is 2.71. The Labute approximate surface area is 135 Å².